The van der Waals surface area contributed by atoms with Crippen LogP contribution in [0, 0.1) is 12.8 Å². The average molecular weight is 954 g/mol. The van der Waals surface area contributed by atoms with Crippen LogP contribution in [0.3, 0.4) is 0 Å². The molecule has 4 aromatic heterocycles. The quantitative estimate of drug-likeness (QED) is 0.0759. The molecule has 18 heteroatoms. The van der Waals surface area contributed by atoms with Crippen molar-refractivity contribution < 1.29 is 42.2 Å². The predicted molar refractivity (Wildman–Crippen MR) is 263 cm³/mol. The van der Waals surface area contributed by atoms with E-state index in [1.807, 2.05) is 68.3 Å². The summed E-state index contributed by atoms with van der Waals surface area (Å²) in [5.74, 6) is 2.70. The van der Waals surface area contributed by atoms with Crippen LogP contribution in [0.15, 0.2) is 71.4 Å². The van der Waals surface area contributed by atoms with Gasteiger partial charge in [-0.25, -0.2) is 19.2 Å². The van der Waals surface area contributed by atoms with Crippen molar-refractivity contribution in [1.82, 2.24) is 44.9 Å². The number of aromatic nitrogens is 5. The van der Waals surface area contributed by atoms with Crippen molar-refractivity contribution in [3.05, 3.63) is 90.2 Å². The van der Waals surface area contributed by atoms with E-state index < -0.39 is 30.4 Å². The molecule has 1 fully saturated rings. The fourth-order valence-corrected chi connectivity index (χ4v) is 8.26. The minimum absolute atomic E-state index is 0.0114. The highest BCUT2D eigenvalue weighted by Crippen LogP contribution is 2.46. The van der Waals surface area contributed by atoms with E-state index in [0.717, 1.165) is 69.1 Å². The molecule has 6 heterocycles. The number of rotatable bonds is 14. The molecule has 372 valence electrons. The number of nitrogens with zero attached hydrogens (tertiary/aromatic N) is 5. The molecule has 2 aromatic carbocycles. The number of carbonyl (C=O) groups excluding carboxylic acids is 4. The van der Waals surface area contributed by atoms with Crippen molar-refractivity contribution in [3.8, 4) is 39.5 Å². The second kappa shape index (κ2) is 24.9. The molecule has 8 rings (SSSR count). The van der Waals surface area contributed by atoms with Gasteiger partial charge in [0.2, 0.25) is 18.0 Å². The summed E-state index contributed by atoms with van der Waals surface area (Å²) in [7, 11) is 4.31. The molecular weight excluding hydrogens is 886 g/mol. The normalized spacial score (nSPS) is 15.4. The number of hydrogen-bond donors (Lipinski definition) is 4. The molecule has 1 saturated heterocycles. The van der Waals surface area contributed by atoms with Crippen molar-refractivity contribution in [3.63, 3.8) is 0 Å². The zero-order valence-electron chi connectivity index (χ0n) is 41.6. The largest absolute Gasteiger partial charge is 0.471 e. The minimum atomic E-state index is -1.31. The van der Waals surface area contributed by atoms with Gasteiger partial charge in [-0.15, -0.1) is 0 Å². The highest BCUT2D eigenvalue weighted by Gasteiger charge is 2.34. The molecule has 0 bridgehead atoms. The van der Waals surface area contributed by atoms with Gasteiger partial charge in [-0.05, 0) is 82.1 Å². The molecule has 4 unspecified atom stereocenters. The van der Waals surface area contributed by atoms with Crippen LogP contribution < -0.4 is 15.4 Å². The number of alkyl carbamates (subject to hydrolysis) is 1. The number of amides is 3. The molecule has 0 radical (unpaired) electrons. The second-order valence-electron chi connectivity index (χ2n) is 16.9. The average Bonchev–Trinajstić information content (AvgIpc) is 4.21. The van der Waals surface area contributed by atoms with E-state index in [1.54, 1.807) is 27.1 Å². The molecule has 0 aliphatic carbocycles. The lowest BCUT2D eigenvalue weighted by Crippen LogP contribution is -2.52. The number of alkyl halides is 1. The van der Waals surface area contributed by atoms with Gasteiger partial charge in [-0.2, -0.15) is 0 Å². The Morgan fingerprint density at radius 1 is 0.986 bits per heavy atom. The Labute approximate surface area is 403 Å². The Bertz CT molecular complexity index is 2630. The third-order valence-electron chi connectivity index (χ3n) is 11.2. The van der Waals surface area contributed by atoms with Crippen LogP contribution in [0.25, 0.3) is 44.7 Å². The number of aromatic amines is 2. The van der Waals surface area contributed by atoms with E-state index in [-0.39, 0.29) is 37.5 Å². The molecule has 0 spiro atoms. The lowest BCUT2D eigenvalue weighted by Gasteiger charge is -2.29. The number of carbonyl (C=O) groups is 4. The van der Waals surface area contributed by atoms with Crippen LogP contribution in [0.2, 0.25) is 0 Å². The van der Waals surface area contributed by atoms with Gasteiger partial charge in [0.1, 0.15) is 35.4 Å². The van der Waals surface area contributed by atoms with Crippen LogP contribution in [0.1, 0.15) is 103 Å². The summed E-state index contributed by atoms with van der Waals surface area (Å²) < 4.78 is 38.1. The molecule has 4 atom stereocenters. The zero-order valence-corrected chi connectivity index (χ0v) is 41.6. The zero-order chi connectivity index (χ0) is 50.4. The highest BCUT2D eigenvalue weighted by molar-refractivity contribution is 5.92. The van der Waals surface area contributed by atoms with Gasteiger partial charge in [-0.1, -0.05) is 60.1 Å². The number of hydrogen-bond acceptors (Lipinski definition) is 11. The van der Waals surface area contributed by atoms with Crippen LogP contribution in [-0.4, -0.2) is 112 Å². The first kappa shape index (κ1) is 53.0. The van der Waals surface area contributed by atoms with E-state index in [2.05, 4.69) is 66.9 Å². The summed E-state index contributed by atoms with van der Waals surface area (Å²) >= 11 is 0. The smallest absolute Gasteiger partial charge is 0.407 e. The maximum absolute atomic E-state index is 14.4. The second-order valence-corrected chi connectivity index (χ2v) is 16.9. The molecule has 2 aliphatic rings. The molecular formula is C51H68FN9O8. The predicted octanol–water partition coefficient (Wildman–Crippen LogP) is 9.11. The number of benzene rings is 2. The number of halogens is 1. The number of imidazole rings is 2. The SMILES string of the molecule is CC.CCC.CNCC(=O)N1CCCC1c1ncc(-c2ccc3c(c2)OC(c2ccc(C)o2)n2c-3cc3cc(-c4cnc(CN(CC(C)F)C(=O)C(NC(=O)OC)C(C)C)[nH]4)ccc32)[nH]1.COC=O. The van der Waals surface area contributed by atoms with Crippen molar-refractivity contribution in [1.29, 1.82) is 0 Å². The van der Waals surface area contributed by atoms with Crippen molar-refractivity contribution in [2.24, 2.45) is 5.92 Å². The van der Waals surface area contributed by atoms with Crippen LogP contribution in [-0.2, 0) is 30.4 Å². The molecule has 4 N–H and O–H groups in total. The van der Waals surface area contributed by atoms with Gasteiger partial charge in [0.15, 0.2) is 5.76 Å². The summed E-state index contributed by atoms with van der Waals surface area (Å²) in [4.78, 5) is 66.7. The van der Waals surface area contributed by atoms with Gasteiger partial charge in [-0.3, -0.25) is 19.0 Å². The van der Waals surface area contributed by atoms with E-state index >= 15 is 0 Å². The number of likely N-dealkylation sites (N-methyl/N-ethyl adjacent to an activating group) is 1. The third kappa shape index (κ3) is 12.6. The fourth-order valence-electron chi connectivity index (χ4n) is 8.26. The standard InChI is InChI=1S/C44H50FN9O6.C3H8.C2H4O2.C2H6/c1-24(2)40(51-44(57)58-6)42(56)52(22-25(3)45)23-38-47-19-31(49-38)27-11-13-33-29(16-27)17-35-30-12-10-28(18-37(30)60-43(54(33)35)36-14-9-26(4)59-36)32-20-48-41(50-32)34-8-7-15-53(34)39(55)21-46-5;1-3-2;1-4-2-3;1-2/h9-14,16-20,24-25,34,40,43,46H,7-8,15,21-23H2,1-6H3,(H,47,49)(H,48,50)(H,51,57);3H2,1-2H3;2H,1H3;1-2H3. The third-order valence-corrected chi connectivity index (χ3v) is 11.2. The van der Waals surface area contributed by atoms with Gasteiger partial charge in [0.05, 0.1) is 74.9 Å². The molecule has 0 saturated carbocycles. The molecule has 2 aliphatic heterocycles. The number of furan rings is 1. The number of nitrogens with one attached hydrogen (secondary N) is 4. The van der Waals surface area contributed by atoms with Crippen LogP contribution in [0.4, 0.5) is 9.18 Å². The topological polar surface area (TPSA) is 202 Å². The van der Waals surface area contributed by atoms with Crippen molar-refractivity contribution >= 4 is 35.3 Å². The van der Waals surface area contributed by atoms with E-state index in [0.29, 0.717) is 30.4 Å². The number of ether oxygens (including phenoxy) is 3. The van der Waals surface area contributed by atoms with Gasteiger partial charge < -0.3 is 49.0 Å². The summed E-state index contributed by atoms with van der Waals surface area (Å²) in [6, 6.07) is 17.2. The highest BCUT2D eigenvalue weighted by atomic mass is 19.1. The number of methoxy groups -OCH3 is 2. The maximum atomic E-state index is 14.4. The van der Waals surface area contributed by atoms with Crippen molar-refractivity contribution in [2.45, 2.75) is 106 Å². The van der Waals surface area contributed by atoms with E-state index in [4.69, 9.17) is 23.7 Å². The summed E-state index contributed by atoms with van der Waals surface area (Å²) in [6.07, 6.45) is 3.90. The number of likely N-dealkylation sites (tertiary alicyclic amines) is 1. The van der Waals surface area contributed by atoms with Crippen LogP contribution in [0.5, 0.6) is 5.75 Å². The number of aryl methyl sites for hydroxylation is 1. The molecule has 69 heavy (non-hydrogen) atoms. The lowest BCUT2D eigenvalue weighted by molar-refractivity contribution is -0.136. The Morgan fingerprint density at radius 2 is 1.67 bits per heavy atom. The van der Waals surface area contributed by atoms with E-state index in [1.165, 1.54) is 32.5 Å². The Morgan fingerprint density at radius 3 is 2.30 bits per heavy atom. The first-order chi connectivity index (χ1) is 33.2. The van der Waals surface area contributed by atoms with E-state index in [9.17, 15) is 18.8 Å². The number of fused-ring (bicyclic) bond motifs is 5. The van der Waals surface area contributed by atoms with Gasteiger partial charge in [0, 0.05) is 28.6 Å². The Balaban J connectivity index is 0.000000917. The van der Waals surface area contributed by atoms with Crippen molar-refractivity contribution in [2.75, 3.05) is 40.9 Å². The lowest BCUT2D eigenvalue weighted by atomic mass is 10.0. The number of H-pyrrole nitrogens is 2. The Kier molecular flexibility index (Phi) is 19.1. The van der Waals surface area contributed by atoms with Gasteiger partial charge in [0.25, 0.3) is 6.47 Å². The summed E-state index contributed by atoms with van der Waals surface area (Å²) in [5.41, 5.74) is 6.09. The fraction of sp³-hybridized carbons (Fsp3) is 0.451. The molecule has 6 aromatic rings. The minimum Gasteiger partial charge on any atom is -0.471 e. The summed E-state index contributed by atoms with van der Waals surface area (Å²) in [6.45, 7) is 16.3. The molecule has 17 nitrogen and oxygen atoms in total. The monoisotopic (exact) mass is 954 g/mol. The van der Waals surface area contributed by atoms with Gasteiger partial charge >= 0.3 is 6.09 Å². The van der Waals surface area contributed by atoms with Crippen LogP contribution >= 0.6 is 0 Å². The summed E-state index contributed by atoms with van der Waals surface area (Å²) in [5, 5.41) is 6.50. The maximum Gasteiger partial charge on any atom is 0.407 e. The first-order valence-corrected chi connectivity index (χ1v) is 23.5. The molecule has 3 amide bonds. The Hall–Kier alpha value is -6.95. The first-order valence-electron chi connectivity index (χ1n) is 23.5.